The number of amides is 1. The molecule has 1 saturated heterocycles. The first kappa shape index (κ1) is 13.2. The van der Waals surface area contributed by atoms with E-state index in [2.05, 4.69) is 4.74 Å². The zero-order chi connectivity index (χ0) is 12.2. The summed E-state index contributed by atoms with van der Waals surface area (Å²) in [7, 11) is -2.70. The number of carbonyl (C=O) groups excluding carboxylic acids is 1. The summed E-state index contributed by atoms with van der Waals surface area (Å²) in [5, 5.41) is 8.91. The molecule has 16 heavy (non-hydrogen) atoms. The van der Waals surface area contributed by atoms with Crippen molar-refractivity contribution in [3.63, 3.8) is 0 Å². The highest BCUT2D eigenvalue weighted by atomic mass is 32.2. The maximum absolute atomic E-state index is 11.6. The average Bonchev–Trinajstić information content (AvgIpc) is 2.28. The largest absolute Gasteiger partial charge is 0.452 e. The zero-order valence-electron chi connectivity index (χ0n) is 9.05. The van der Waals surface area contributed by atoms with Crippen LogP contribution in [0.4, 0.5) is 4.79 Å². The Kier molecular flexibility index (Phi) is 4.51. The van der Waals surface area contributed by atoms with Crippen LogP contribution in [0.2, 0.25) is 0 Å². The Hall–Kier alpha value is -0.860. The summed E-state index contributed by atoms with van der Waals surface area (Å²) in [5.74, 6) is 0.143. The Bertz CT molecular complexity index is 334. The van der Waals surface area contributed by atoms with E-state index >= 15 is 0 Å². The Morgan fingerprint density at radius 2 is 2.06 bits per heavy atom. The number of aliphatic hydroxyl groups excluding tert-OH is 1. The quantitative estimate of drug-likeness (QED) is 0.692. The van der Waals surface area contributed by atoms with Crippen molar-refractivity contribution < 1.29 is 23.1 Å². The number of ether oxygens (including phenoxy) is 1. The topological polar surface area (TPSA) is 95.9 Å². The summed E-state index contributed by atoms with van der Waals surface area (Å²) < 4.78 is 30.4. The lowest BCUT2D eigenvalue weighted by Gasteiger charge is -2.29. The van der Waals surface area contributed by atoms with Crippen molar-refractivity contribution in [2.45, 2.75) is 12.8 Å². The molecule has 1 amide bonds. The number of nitrogens with zero attached hydrogens (tertiary/aromatic N) is 1. The zero-order valence-corrected chi connectivity index (χ0v) is 9.87. The fraction of sp³-hybridized carbons (Fsp3) is 0.875. The van der Waals surface area contributed by atoms with Gasteiger partial charge in [-0.25, -0.2) is 9.52 Å². The summed E-state index contributed by atoms with van der Waals surface area (Å²) >= 11 is 0. The number of hydrogen-bond acceptors (Lipinski definition) is 5. The van der Waals surface area contributed by atoms with Crippen LogP contribution in [-0.4, -0.2) is 50.7 Å². The third-order valence-electron chi connectivity index (χ3n) is 2.57. The van der Waals surface area contributed by atoms with E-state index < -0.39 is 16.3 Å². The van der Waals surface area contributed by atoms with Crippen molar-refractivity contribution in [2.75, 3.05) is 26.8 Å². The van der Waals surface area contributed by atoms with Crippen LogP contribution in [0.15, 0.2) is 0 Å². The van der Waals surface area contributed by atoms with E-state index in [1.165, 1.54) is 4.31 Å². The van der Waals surface area contributed by atoms with Gasteiger partial charge in [-0.15, -0.1) is 0 Å². The number of piperidine rings is 1. The molecule has 0 saturated carbocycles. The molecule has 1 aliphatic rings. The fourth-order valence-corrected chi connectivity index (χ4v) is 2.66. The lowest BCUT2D eigenvalue weighted by atomic mass is 10.00. The van der Waals surface area contributed by atoms with Gasteiger partial charge in [-0.3, -0.25) is 0 Å². The first-order valence-electron chi connectivity index (χ1n) is 4.96. The Balaban J connectivity index is 2.55. The molecule has 0 spiro atoms. The van der Waals surface area contributed by atoms with E-state index in [9.17, 15) is 13.2 Å². The predicted octanol–water partition coefficient (Wildman–Crippen LogP) is -0.708. The summed E-state index contributed by atoms with van der Waals surface area (Å²) in [5.41, 5.74) is 0. The SMILES string of the molecule is COC(=O)NS(=O)(=O)N1CCC(CO)CC1. The molecule has 0 unspecified atom stereocenters. The number of hydrogen-bond donors (Lipinski definition) is 2. The second-order valence-corrected chi connectivity index (χ2v) is 5.29. The van der Waals surface area contributed by atoms with Crippen LogP contribution in [0.1, 0.15) is 12.8 Å². The van der Waals surface area contributed by atoms with E-state index in [4.69, 9.17) is 5.11 Å². The first-order valence-corrected chi connectivity index (χ1v) is 6.40. The third kappa shape index (κ3) is 3.32. The summed E-state index contributed by atoms with van der Waals surface area (Å²) in [6, 6.07) is 0. The average molecular weight is 252 g/mol. The highest BCUT2D eigenvalue weighted by molar-refractivity contribution is 7.87. The summed E-state index contributed by atoms with van der Waals surface area (Å²) in [4.78, 5) is 10.8. The molecule has 1 heterocycles. The van der Waals surface area contributed by atoms with Crippen LogP contribution in [-0.2, 0) is 14.9 Å². The number of nitrogens with one attached hydrogen (secondary N) is 1. The van der Waals surface area contributed by atoms with Crippen LogP contribution < -0.4 is 4.72 Å². The maximum Gasteiger partial charge on any atom is 0.421 e. The van der Waals surface area contributed by atoms with Gasteiger partial charge in [-0.2, -0.15) is 12.7 Å². The van der Waals surface area contributed by atoms with Crippen LogP contribution in [0.5, 0.6) is 0 Å². The summed E-state index contributed by atoms with van der Waals surface area (Å²) in [6.07, 6.45) is 0.196. The van der Waals surface area contributed by atoms with Crippen LogP contribution in [0, 0.1) is 5.92 Å². The van der Waals surface area contributed by atoms with Gasteiger partial charge in [0.15, 0.2) is 0 Å². The number of aliphatic hydroxyl groups is 1. The molecule has 1 aliphatic heterocycles. The van der Waals surface area contributed by atoms with Crippen molar-refractivity contribution in [2.24, 2.45) is 5.92 Å². The highest BCUT2D eigenvalue weighted by Crippen LogP contribution is 2.18. The first-order chi connectivity index (χ1) is 7.49. The van der Waals surface area contributed by atoms with Crippen molar-refractivity contribution >= 4 is 16.3 Å². The summed E-state index contributed by atoms with van der Waals surface area (Å²) in [6.45, 7) is 0.674. The molecule has 0 bridgehead atoms. The smallest absolute Gasteiger partial charge is 0.421 e. The van der Waals surface area contributed by atoms with Crippen LogP contribution in [0.3, 0.4) is 0 Å². The molecule has 8 heteroatoms. The molecule has 0 aromatic rings. The van der Waals surface area contributed by atoms with Gasteiger partial charge >= 0.3 is 16.3 Å². The van der Waals surface area contributed by atoms with Gasteiger partial charge in [0, 0.05) is 19.7 Å². The monoisotopic (exact) mass is 252 g/mol. The van der Waals surface area contributed by atoms with Crippen molar-refractivity contribution in [3.8, 4) is 0 Å². The minimum Gasteiger partial charge on any atom is -0.452 e. The van der Waals surface area contributed by atoms with Gasteiger partial charge in [0.05, 0.1) is 7.11 Å². The van der Waals surface area contributed by atoms with E-state index in [0.717, 1.165) is 7.11 Å². The lowest BCUT2D eigenvalue weighted by Crippen LogP contribution is -2.47. The van der Waals surface area contributed by atoms with Crippen LogP contribution in [0.25, 0.3) is 0 Å². The molecule has 1 fully saturated rings. The minimum absolute atomic E-state index is 0.0678. The third-order valence-corrected chi connectivity index (χ3v) is 4.04. The highest BCUT2D eigenvalue weighted by Gasteiger charge is 2.29. The number of rotatable bonds is 3. The molecule has 0 radical (unpaired) electrons. The fourth-order valence-electron chi connectivity index (χ4n) is 1.54. The van der Waals surface area contributed by atoms with Crippen molar-refractivity contribution in [3.05, 3.63) is 0 Å². The molecular formula is C8H16N2O5S. The van der Waals surface area contributed by atoms with Gasteiger partial charge in [0.2, 0.25) is 0 Å². The molecule has 0 aromatic carbocycles. The molecule has 2 N–H and O–H groups in total. The minimum atomic E-state index is -3.80. The Morgan fingerprint density at radius 1 is 1.50 bits per heavy atom. The van der Waals surface area contributed by atoms with Gasteiger partial charge in [0.1, 0.15) is 0 Å². The second-order valence-electron chi connectivity index (χ2n) is 3.62. The van der Waals surface area contributed by atoms with Gasteiger partial charge in [0.25, 0.3) is 0 Å². The number of carbonyl (C=O) groups is 1. The predicted molar refractivity (Wildman–Crippen MR) is 55.8 cm³/mol. The molecular weight excluding hydrogens is 236 g/mol. The van der Waals surface area contributed by atoms with Gasteiger partial charge in [-0.05, 0) is 18.8 Å². The molecule has 7 nitrogen and oxygen atoms in total. The Morgan fingerprint density at radius 3 is 2.50 bits per heavy atom. The standard InChI is InChI=1S/C8H16N2O5S/c1-15-8(12)9-16(13,14)10-4-2-7(6-11)3-5-10/h7,11H,2-6H2,1H3,(H,9,12). The van der Waals surface area contributed by atoms with E-state index in [1.807, 2.05) is 0 Å². The van der Waals surface area contributed by atoms with Gasteiger partial charge < -0.3 is 9.84 Å². The normalized spacial score (nSPS) is 19.4. The van der Waals surface area contributed by atoms with E-state index in [-0.39, 0.29) is 12.5 Å². The van der Waals surface area contributed by atoms with E-state index in [0.29, 0.717) is 25.9 Å². The van der Waals surface area contributed by atoms with Crippen molar-refractivity contribution in [1.29, 1.82) is 0 Å². The maximum atomic E-state index is 11.6. The number of methoxy groups -OCH3 is 1. The molecule has 0 atom stereocenters. The molecule has 1 rings (SSSR count). The molecule has 0 aromatic heterocycles. The van der Waals surface area contributed by atoms with Crippen molar-refractivity contribution in [1.82, 2.24) is 9.03 Å². The van der Waals surface area contributed by atoms with Crippen LogP contribution >= 0.6 is 0 Å². The second kappa shape index (κ2) is 5.46. The van der Waals surface area contributed by atoms with E-state index in [1.54, 1.807) is 4.72 Å². The molecule has 94 valence electrons. The van der Waals surface area contributed by atoms with Gasteiger partial charge in [-0.1, -0.05) is 0 Å². The lowest BCUT2D eigenvalue weighted by molar-refractivity contribution is 0.165. The Labute approximate surface area is 94.6 Å². The molecule has 0 aliphatic carbocycles.